The van der Waals surface area contributed by atoms with Gasteiger partial charge in [-0.2, -0.15) is 28.2 Å². The van der Waals surface area contributed by atoms with Crippen LogP contribution < -0.4 is 0 Å². The Bertz CT molecular complexity index is 991. The van der Waals surface area contributed by atoms with Gasteiger partial charge in [0, 0.05) is 19.3 Å². The Morgan fingerprint density at radius 3 is 2.53 bits per heavy atom. The third-order valence-electron chi connectivity index (χ3n) is 5.31. The fraction of sp³-hybridized carbons (Fsp3) is 0.450. The van der Waals surface area contributed by atoms with E-state index in [9.17, 15) is 23.1 Å². The minimum absolute atomic E-state index is 0.0266. The lowest BCUT2D eigenvalue weighted by molar-refractivity contribution is -0.229. The molecule has 32 heavy (non-hydrogen) atoms. The number of oxime groups is 1. The maximum absolute atomic E-state index is 13.4. The largest absolute Gasteiger partial charge is 0.426 e. The predicted octanol–water partition coefficient (Wildman–Crippen LogP) is 2.60. The van der Waals surface area contributed by atoms with Crippen LogP contribution in [0.3, 0.4) is 0 Å². The lowest BCUT2D eigenvalue weighted by Crippen LogP contribution is -2.52. The summed E-state index contributed by atoms with van der Waals surface area (Å²) >= 11 is 0. The Labute approximate surface area is 182 Å². The highest BCUT2D eigenvalue weighted by molar-refractivity contribution is 5.98. The van der Waals surface area contributed by atoms with Crippen molar-refractivity contribution in [1.29, 1.82) is 0 Å². The van der Waals surface area contributed by atoms with Crippen molar-refractivity contribution in [3.05, 3.63) is 42.2 Å². The van der Waals surface area contributed by atoms with Crippen LogP contribution in [0.2, 0.25) is 0 Å². The quantitative estimate of drug-likeness (QED) is 0.427. The van der Waals surface area contributed by atoms with E-state index in [1.54, 1.807) is 24.3 Å². The first kappa shape index (κ1) is 23.4. The van der Waals surface area contributed by atoms with E-state index >= 15 is 0 Å². The molecule has 0 saturated carbocycles. The first-order valence-electron chi connectivity index (χ1n) is 9.83. The van der Waals surface area contributed by atoms with Gasteiger partial charge in [-0.05, 0) is 38.8 Å². The summed E-state index contributed by atoms with van der Waals surface area (Å²) in [5.74, 6) is -1.36. The summed E-state index contributed by atoms with van der Waals surface area (Å²) in [6.45, 7) is 5.41. The third-order valence-corrected chi connectivity index (χ3v) is 5.31. The first-order valence-corrected chi connectivity index (χ1v) is 9.83. The number of nitrogens with zero attached hydrogens (tertiary/aromatic N) is 6. The van der Waals surface area contributed by atoms with Gasteiger partial charge in [0.05, 0.1) is 29.7 Å². The molecule has 3 rings (SSSR count). The molecular weight excluding hydrogens is 429 g/mol. The first-order chi connectivity index (χ1) is 15.1. The molecular formula is C20H23F3N6O3. The van der Waals surface area contributed by atoms with Gasteiger partial charge in [-0.25, -0.2) is 4.99 Å². The number of aromatic nitrogens is 3. The van der Waals surface area contributed by atoms with Crippen LogP contribution in [0.1, 0.15) is 37.0 Å². The van der Waals surface area contributed by atoms with Gasteiger partial charge in [-0.15, -0.1) is 0 Å². The van der Waals surface area contributed by atoms with Crippen molar-refractivity contribution in [3.63, 3.8) is 0 Å². The molecule has 1 aromatic heterocycles. The second kappa shape index (κ2) is 9.07. The van der Waals surface area contributed by atoms with Crippen molar-refractivity contribution in [1.82, 2.24) is 19.9 Å². The average Bonchev–Trinajstić information content (AvgIpc) is 3.28. The molecule has 1 fully saturated rings. The molecule has 2 aromatic rings. The van der Waals surface area contributed by atoms with Crippen LogP contribution in [0.4, 0.5) is 13.2 Å². The molecule has 0 radical (unpaired) electrons. The number of carbonyl (C=O) groups is 1. The average molecular weight is 452 g/mol. The summed E-state index contributed by atoms with van der Waals surface area (Å²) in [6, 6.07) is 5.85. The Morgan fingerprint density at radius 2 is 1.91 bits per heavy atom. The summed E-state index contributed by atoms with van der Waals surface area (Å²) in [7, 11) is 0. The fourth-order valence-electron chi connectivity index (χ4n) is 3.39. The molecule has 0 aliphatic carbocycles. The van der Waals surface area contributed by atoms with Gasteiger partial charge >= 0.3 is 6.18 Å². The molecule has 9 nitrogen and oxygen atoms in total. The lowest BCUT2D eigenvalue weighted by Gasteiger charge is -2.37. The zero-order valence-electron chi connectivity index (χ0n) is 17.5. The monoisotopic (exact) mass is 452 g/mol. The number of hydrogen-bond acceptors (Lipinski definition) is 7. The zero-order valence-corrected chi connectivity index (χ0v) is 17.5. The van der Waals surface area contributed by atoms with Crippen LogP contribution in [-0.4, -0.2) is 73.9 Å². The Hall–Kier alpha value is -3.28. The molecule has 1 aliphatic heterocycles. The standard InChI is InChI=1S/C20H23F3N6O3/c1-13-8-9-14(27-18(32-24-3)19(2,31)20(21,22)23)12-28(13)17(30)15-6-4-5-7-16(15)29-25-10-11-26-29/h4-7,10-11,13-14,31H,3,8-9,12H2,1-2H3/t13-,14?,19-/m1/s1. The number of rotatable bonds is 5. The van der Waals surface area contributed by atoms with Crippen LogP contribution in [0, 0.1) is 0 Å². The number of alkyl halides is 3. The number of halogens is 3. The van der Waals surface area contributed by atoms with Gasteiger partial charge in [0.1, 0.15) is 0 Å². The van der Waals surface area contributed by atoms with Gasteiger partial charge in [-0.3, -0.25) is 4.79 Å². The molecule has 1 unspecified atom stereocenters. The summed E-state index contributed by atoms with van der Waals surface area (Å²) in [5.41, 5.74) is -2.54. The smallest absolute Gasteiger partial charge is 0.373 e. The highest BCUT2D eigenvalue weighted by atomic mass is 19.4. The number of piperidine rings is 1. The Kier molecular flexibility index (Phi) is 6.63. The molecule has 0 bridgehead atoms. The van der Waals surface area contributed by atoms with Gasteiger partial charge in [-0.1, -0.05) is 17.3 Å². The summed E-state index contributed by atoms with van der Waals surface area (Å²) in [4.78, 5) is 24.8. The number of benzene rings is 1. The summed E-state index contributed by atoms with van der Waals surface area (Å²) in [6.07, 6.45) is -1.19. The maximum Gasteiger partial charge on any atom is 0.426 e. The van der Waals surface area contributed by atoms with Gasteiger partial charge in [0.25, 0.3) is 11.8 Å². The molecule has 3 atom stereocenters. The van der Waals surface area contributed by atoms with E-state index in [1.165, 1.54) is 22.1 Å². The number of aliphatic hydroxyl groups is 1. The predicted molar refractivity (Wildman–Crippen MR) is 110 cm³/mol. The number of hydrogen-bond donors (Lipinski definition) is 1. The van der Waals surface area contributed by atoms with E-state index in [0.717, 1.165) is 0 Å². The van der Waals surface area contributed by atoms with Crippen molar-refractivity contribution in [3.8, 4) is 5.69 Å². The van der Waals surface area contributed by atoms with Crippen LogP contribution in [0.5, 0.6) is 0 Å². The Balaban J connectivity index is 1.90. The van der Waals surface area contributed by atoms with E-state index in [4.69, 9.17) is 0 Å². The van der Waals surface area contributed by atoms with Gasteiger partial charge in [0.15, 0.2) is 0 Å². The van der Waals surface area contributed by atoms with Crippen molar-refractivity contribution in [2.45, 2.75) is 50.6 Å². The van der Waals surface area contributed by atoms with E-state index in [1.807, 2.05) is 6.92 Å². The number of likely N-dealkylation sites (tertiary alicyclic amines) is 1. The number of para-hydroxylation sites is 1. The number of carbonyl (C=O) groups excluding carboxylic acids is 1. The van der Waals surface area contributed by atoms with E-state index in [2.05, 4.69) is 31.9 Å². The normalized spacial score (nSPS) is 21.7. The van der Waals surface area contributed by atoms with Crippen LogP contribution in [0.15, 0.2) is 46.8 Å². The van der Waals surface area contributed by atoms with E-state index in [0.29, 0.717) is 31.0 Å². The zero-order chi connectivity index (χ0) is 23.5. The minimum atomic E-state index is -5.04. The highest BCUT2D eigenvalue weighted by Gasteiger charge is 2.56. The second-order valence-corrected chi connectivity index (χ2v) is 7.60. The SMILES string of the molecule is C=NOC(=NC1CC[C@@H](C)N(C(=O)c2ccccc2-n2nccn2)C1)[C@@](C)(O)C(F)(F)F. The van der Waals surface area contributed by atoms with Crippen molar-refractivity contribution < 1.29 is 27.9 Å². The fourth-order valence-corrected chi connectivity index (χ4v) is 3.39. The third kappa shape index (κ3) is 4.64. The highest BCUT2D eigenvalue weighted by Crippen LogP contribution is 2.33. The molecule has 1 aromatic carbocycles. The number of amides is 1. The summed E-state index contributed by atoms with van der Waals surface area (Å²) < 4.78 is 39.8. The Morgan fingerprint density at radius 1 is 1.25 bits per heavy atom. The number of aliphatic imine (C=N–C) groups is 1. The van der Waals surface area contributed by atoms with E-state index < -0.39 is 23.7 Å². The molecule has 1 N–H and O–H groups in total. The minimum Gasteiger partial charge on any atom is -0.373 e. The van der Waals surface area contributed by atoms with Gasteiger partial charge < -0.3 is 14.8 Å². The lowest BCUT2D eigenvalue weighted by atomic mass is 9.97. The molecule has 172 valence electrons. The molecule has 2 heterocycles. The topological polar surface area (TPSA) is 105 Å². The summed E-state index contributed by atoms with van der Waals surface area (Å²) in [5, 5.41) is 21.1. The van der Waals surface area contributed by atoms with Crippen LogP contribution in [0.25, 0.3) is 5.69 Å². The molecule has 0 spiro atoms. The molecule has 1 amide bonds. The molecule has 1 saturated heterocycles. The second-order valence-electron chi connectivity index (χ2n) is 7.60. The molecule has 1 aliphatic rings. The van der Waals surface area contributed by atoms with Crippen molar-refractivity contribution in [2.24, 2.45) is 10.1 Å². The van der Waals surface area contributed by atoms with Gasteiger partial charge in [0.2, 0.25) is 5.60 Å². The molecule has 12 heteroatoms. The maximum atomic E-state index is 13.4. The van der Waals surface area contributed by atoms with Crippen molar-refractivity contribution >= 4 is 18.5 Å². The van der Waals surface area contributed by atoms with Crippen LogP contribution in [-0.2, 0) is 4.84 Å². The van der Waals surface area contributed by atoms with E-state index in [-0.39, 0.29) is 18.5 Å². The van der Waals surface area contributed by atoms with Crippen molar-refractivity contribution in [2.75, 3.05) is 6.54 Å². The van der Waals surface area contributed by atoms with Crippen LogP contribution >= 0.6 is 0 Å².